The number of nitrogen functional groups attached to an aromatic ring is 1. The van der Waals surface area contributed by atoms with Crippen molar-refractivity contribution in [2.24, 2.45) is 4.99 Å². The number of hydrogen-bond acceptors (Lipinski definition) is 3. The Labute approximate surface area is 114 Å². The molecule has 0 radical (unpaired) electrons. The highest BCUT2D eigenvalue weighted by atomic mass is 15.1. The molecular weight excluding hydrogens is 234 g/mol. The molecule has 0 unspecified atom stereocenters. The molecule has 19 heavy (non-hydrogen) atoms. The van der Waals surface area contributed by atoms with E-state index in [4.69, 9.17) is 5.73 Å². The average Bonchev–Trinajstić information content (AvgIpc) is 2.83. The van der Waals surface area contributed by atoms with Crippen LogP contribution in [0.25, 0.3) is 0 Å². The molecule has 0 amide bonds. The van der Waals surface area contributed by atoms with Crippen LogP contribution >= 0.6 is 0 Å². The number of likely N-dealkylation sites (tertiary alicyclic amines) is 1. The predicted octanol–water partition coefficient (Wildman–Crippen LogP) is 2.06. The topological polar surface area (TPSA) is 41.6 Å². The van der Waals surface area contributed by atoms with Gasteiger partial charge in [-0.1, -0.05) is 18.4 Å². The lowest BCUT2D eigenvalue weighted by Gasteiger charge is -2.23. The molecule has 0 atom stereocenters. The van der Waals surface area contributed by atoms with Crippen molar-refractivity contribution in [1.82, 2.24) is 4.90 Å². The van der Waals surface area contributed by atoms with Gasteiger partial charge in [0.15, 0.2) is 0 Å². The largest absolute Gasteiger partial charge is 0.399 e. The van der Waals surface area contributed by atoms with Gasteiger partial charge in [0.25, 0.3) is 0 Å². The molecular formula is C16H19N3. The first kappa shape index (κ1) is 12.3. The number of nitrogens with zero attached hydrogens (tertiary/aromatic N) is 2. The van der Waals surface area contributed by atoms with E-state index >= 15 is 0 Å². The van der Waals surface area contributed by atoms with Gasteiger partial charge >= 0.3 is 0 Å². The van der Waals surface area contributed by atoms with E-state index in [0.29, 0.717) is 0 Å². The fraction of sp³-hybridized carbons (Fsp3) is 0.438. The third kappa shape index (κ3) is 2.80. The smallest absolute Gasteiger partial charge is 0.115 e. The van der Waals surface area contributed by atoms with Crippen LogP contribution in [0.1, 0.15) is 30.4 Å². The van der Waals surface area contributed by atoms with Crippen LogP contribution in [0.15, 0.2) is 23.2 Å². The van der Waals surface area contributed by atoms with Crippen LogP contribution in [0.3, 0.4) is 0 Å². The van der Waals surface area contributed by atoms with Crippen LogP contribution in [-0.2, 0) is 6.54 Å². The van der Waals surface area contributed by atoms with Crippen molar-refractivity contribution in [3.63, 3.8) is 0 Å². The molecule has 1 saturated heterocycles. The fourth-order valence-corrected chi connectivity index (χ4v) is 2.66. The van der Waals surface area contributed by atoms with Gasteiger partial charge in [0, 0.05) is 11.3 Å². The SMILES string of the molecule is Nc1ccc2c(c1)C(C#CCN1CCCCC1)=NC2. The maximum Gasteiger partial charge on any atom is 0.115 e. The zero-order chi connectivity index (χ0) is 13.1. The van der Waals surface area contributed by atoms with Crippen LogP contribution in [0.4, 0.5) is 5.69 Å². The molecule has 1 aromatic rings. The van der Waals surface area contributed by atoms with Gasteiger partial charge in [0.2, 0.25) is 0 Å². The van der Waals surface area contributed by atoms with Crippen molar-refractivity contribution in [3.8, 4) is 11.8 Å². The summed E-state index contributed by atoms with van der Waals surface area (Å²) in [5.41, 5.74) is 9.86. The second kappa shape index (κ2) is 5.46. The maximum atomic E-state index is 5.83. The molecule has 0 spiro atoms. The maximum absolute atomic E-state index is 5.83. The van der Waals surface area contributed by atoms with Crippen molar-refractivity contribution in [2.45, 2.75) is 25.8 Å². The standard InChI is InChI=1S/C16H19N3/c17-14-7-6-13-12-18-16(15(13)11-14)5-4-10-19-8-2-1-3-9-19/h6-7,11H,1-3,8-10,12,17H2. The third-order valence-corrected chi connectivity index (χ3v) is 3.75. The molecule has 1 fully saturated rings. The molecule has 2 aliphatic rings. The number of fused-ring (bicyclic) bond motifs is 1. The van der Waals surface area contributed by atoms with Crippen molar-refractivity contribution >= 4 is 11.4 Å². The van der Waals surface area contributed by atoms with Crippen molar-refractivity contribution in [3.05, 3.63) is 29.3 Å². The molecule has 2 heterocycles. The molecule has 0 aliphatic carbocycles. The van der Waals surface area contributed by atoms with E-state index in [1.54, 1.807) is 0 Å². The van der Waals surface area contributed by atoms with Crippen LogP contribution in [0, 0.1) is 11.8 Å². The molecule has 3 rings (SSSR count). The van der Waals surface area contributed by atoms with E-state index in [1.807, 2.05) is 18.2 Å². The number of hydrogen-bond donors (Lipinski definition) is 1. The Hall–Kier alpha value is -1.79. The predicted molar refractivity (Wildman–Crippen MR) is 79.2 cm³/mol. The first-order valence-electron chi connectivity index (χ1n) is 6.97. The highest BCUT2D eigenvalue weighted by molar-refractivity contribution is 6.15. The average molecular weight is 253 g/mol. The molecule has 1 aromatic carbocycles. The van der Waals surface area contributed by atoms with Gasteiger partial charge in [0.05, 0.1) is 13.1 Å². The van der Waals surface area contributed by atoms with Gasteiger partial charge < -0.3 is 5.73 Å². The summed E-state index contributed by atoms with van der Waals surface area (Å²) >= 11 is 0. The Bertz CT molecular complexity index is 557. The van der Waals surface area contributed by atoms with Gasteiger partial charge in [-0.15, -0.1) is 0 Å². The summed E-state index contributed by atoms with van der Waals surface area (Å²) < 4.78 is 0. The summed E-state index contributed by atoms with van der Waals surface area (Å²) in [4.78, 5) is 6.92. The highest BCUT2D eigenvalue weighted by Gasteiger charge is 2.14. The van der Waals surface area contributed by atoms with Crippen molar-refractivity contribution < 1.29 is 0 Å². The second-order valence-electron chi connectivity index (χ2n) is 5.22. The lowest BCUT2D eigenvalue weighted by Crippen LogP contribution is -2.29. The van der Waals surface area contributed by atoms with Crippen LogP contribution < -0.4 is 5.73 Å². The van der Waals surface area contributed by atoms with Gasteiger partial charge in [0.1, 0.15) is 5.71 Å². The minimum atomic E-state index is 0.739. The first-order valence-corrected chi connectivity index (χ1v) is 6.97. The second-order valence-corrected chi connectivity index (χ2v) is 5.22. The Morgan fingerprint density at radius 3 is 2.89 bits per heavy atom. The summed E-state index contributed by atoms with van der Waals surface area (Å²) in [7, 11) is 0. The summed E-state index contributed by atoms with van der Waals surface area (Å²) in [6.45, 7) is 3.97. The Balaban J connectivity index is 1.67. The van der Waals surface area contributed by atoms with E-state index in [9.17, 15) is 0 Å². The minimum Gasteiger partial charge on any atom is -0.399 e. The number of aliphatic imine (C=N–C) groups is 1. The van der Waals surface area contributed by atoms with Gasteiger partial charge in [-0.25, -0.2) is 0 Å². The molecule has 3 nitrogen and oxygen atoms in total. The normalized spacial score (nSPS) is 18.4. The van der Waals surface area contributed by atoms with E-state index in [-0.39, 0.29) is 0 Å². The number of benzene rings is 1. The van der Waals surface area contributed by atoms with Gasteiger partial charge in [-0.05, 0) is 49.5 Å². The lowest BCUT2D eigenvalue weighted by molar-refractivity contribution is 0.255. The summed E-state index contributed by atoms with van der Waals surface area (Å²) in [5.74, 6) is 6.48. The summed E-state index contributed by atoms with van der Waals surface area (Å²) in [5, 5.41) is 0. The zero-order valence-corrected chi connectivity index (χ0v) is 11.2. The van der Waals surface area contributed by atoms with E-state index in [0.717, 1.165) is 30.1 Å². The van der Waals surface area contributed by atoms with E-state index < -0.39 is 0 Å². The van der Waals surface area contributed by atoms with Crippen LogP contribution in [-0.4, -0.2) is 30.2 Å². The van der Waals surface area contributed by atoms with Crippen LogP contribution in [0.5, 0.6) is 0 Å². The number of rotatable bonds is 1. The van der Waals surface area contributed by atoms with Crippen molar-refractivity contribution in [1.29, 1.82) is 0 Å². The molecule has 0 saturated carbocycles. The van der Waals surface area contributed by atoms with E-state index in [2.05, 4.69) is 21.7 Å². The molecule has 2 aliphatic heterocycles. The lowest BCUT2D eigenvalue weighted by atomic mass is 10.1. The summed E-state index contributed by atoms with van der Waals surface area (Å²) in [6.07, 6.45) is 3.98. The number of piperidine rings is 1. The quantitative estimate of drug-likeness (QED) is 0.615. The summed E-state index contributed by atoms with van der Waals surface area (Å²) in [6, 6.07) is 5.96. The van der Waals surface area contributed by atoms with Crippen LogP contribution in [0.2, 0.25) is 0 Å². The molecule has 2 N–H and O–H groups in total. The number of anilines is 1. The monoisotopic (exact) mass is 253 g/mol. The Morgan fingerprint density at radius 2 is 2.05 bits per heavy atom. The van der Waals surface area contributed by atoms with Gasteiger partial charge in [-0.3, -0.25) is 9.89 Å². The molecule has 3 heteroatoms. The molecule has 0 bridgehead atoms. The Kier molecular flexibility index (Phi) is 3.52. The van der Waals surface area contributed by atoms with E-state index in [1.165, 1.54) is 37.9 Å². The van der Waals surface area contributed by atoms with Crippen molar-refractivity contribution in [2.75, 3.05) is 25.4 Å². The fourth-order valence-electron chi connectivity index (χ4n) is 2.66. The number of nitrogens with two attached hydrogens (primary N) is 1. The molecule has 98 valence electrons. The zero-order valence-electron chi connectivity index (χ0n) is 11.2. The molecule has 0 aromatic heterocycles. The first-order chi connectivity index (χ1) is 9.33. The minimum absolute atomic E-state index is 0.739. The third-order valence-electron chi connectivity index (χ3n) is 3.75. The highest BCUT2D eigenvalue weighted by Crippen LogP contribution is 2.21. The van der Waals surface area contributed by atoms with Gasteiger partial charge in [-0.2, -0.15) is 0 Å². The Morgan fingerprint density at radius 1 is 1.21 bits per heavy atom.